The van der Waals surface area contributed by atoms with Crippen molar-refractivity contribution < 1.29 is 0 Å². The van der Waals surface area contributed by atoms with E-state index in [1.807, 2.05) is 41.8 Å². The molecule has 6 heteroatoms. The number of rotatable bonds is 2. The standard InChI is InChI=1S/C14H10BrCl2N3/c1-8(16)13-19-12-6-9(15)7-18-14(12)20(13)11-4-2-10(17)3-5-11/h2-8H,1H3. The lowest BCUT2D eigenvalue weighted by molar-refractivity contribution is 0.877. The number of hydrogen-bond acceptors (Lipinski definition) is 2. The van der Waals surface area contributed by atoms with E-state index in [-0.39, 0.29) is 5.38 Å². The zero-order valence-corrected chi connectivity index (χ0v) is 13.6. The van der Waals surface area contributed by atoms with E-state index in [1.165, 1.54) is 0 Å². The van der Waals surface area contributed by atoms with E-state index in [2.05, 4.69) is 25.9 Å². The first-order valence-corrected chi connectivity index (χ1v) is 7.61. The summed E-state index contributed by atoms with van der Waals surface area (Å²) in [4.78, 5) is 9.02. The molecule has 3 rings (SSSR count). The molecule has 0 spiro atoms. The van der Waals surface area contributed by atoms with Crippen LogP contribution in [0, 0.1) is 0 Å². The van der Waals surface area contributed by atoms with Crippen molar-refractivity contribution in [3.05, 3.63) is 51.8 Å². The normalized spacial score (nSPS) is 12.8. The summed E-state index contributed by atoms with van der Waals surface area (Å²) in [5.41, 5.74) is 2.52. The molecular weight excluding hydrogens is 361 g/mol. The summed E-state index contributed by atoms with van der Waals surface area (Å²) in [6, 6.07) is 9.46. The number of halogens is 3. The van der Waals surface area contributed by atoms with Crippen LogP contribution in [0.15, 0.2) is 41.0 Å². The molecule has 0 aliphatic rings. The molecule has 1 unspecified atom stereocenters. The number of imidazole rings is 1. The van der Waals surface area contributed by atoms with Gasteiger partial charge in [-0.1, -0.05) is 11.6 Å². The number of hydrogen-bond donors (Lipinski definition) is 0. The molecular formula is C14H10BrCl2N3. The largest absolute Gasteiger partial charge is 0.279 e. The van der Waals surface area contributed by atoms with Gasteiger partial charge in [0.15, 0.2) is 5.65 Å². The summed E-state index contributed by atoms with van der Waals surface area (Å²) in [6.45, 7) is 1.89. The molecule has 0 saturated carbocycles. The van der Waals surface area contributed by atoms with Gasteiger partial charge < -0.3 is 0 Å². The second kappa shape index (κ2) is 5.35. The SMILES string of the molecule is CC(Cl)c1nc2cc(Br)cnc2n1-c1ccc(Cl)cc1. The minimum atomic E-state index is -0.223. The van der Waals surface area contributed by atoms with Gasteiger partial charge in [0, 0.05) is 21.4 Å². The highest BCUT2D eigenvalue weighted by Gasteiger charge is 2.17. The summed E-state index contributed by atoms with van der Waals surface area (Å²) in [7, 11) is 0. The van der Waals surface area contributed by atoms with Crippen LogP contribution < -0.4 is 0 Å². The van der Waals surface area contributed by atoms with E-state index >= 15 is 0 Å². The molecule has 0 amide bonds. The molecule has 2 aromatic heterocycles. The number of alkyl halides is 1. The Bertz CT molecular complexity index is 766. The zero-order chi connectivity index (χ0) is 14.3. The molecule has 0 N–H and O–H groups in total. The smallest absolute Gasteiger partial charge is 0.164 e. The molecule has 0 aliphatic carbocycles. The Balaban J connectivity index is 2.31. The number of fused-ring (bicyclic) bond motifs is 1. The fraction of sp³-hybridized carbons (Fsp3) is 0.143. The molecule has 0 saturated heterocycles. The molecule has 20 heavy (non-hydrogen) atoms. The highest BCUT2D eigenvalue weighted by molar-refractivity contribution is 9.10. The average molecular weight is 371 g/mol. The fourth-order valence-corrected chi connectivity index (χ4v) is 2.66. The van der Waals surface area contributed by atoms with Crippen molar-refractivity contribution in [2.75, 3.05) is 0 Å². The first kappa shape index (κ1) is 13.9. The van der Waals surface area contributed by atoms with E-state index in [9.17, 15) is 0 Å². The van der Waals surface area contributed by atoms with Gasteiger partial charge in [0.25, 0.3) is 0 Å². The van der Waals surface area contributed by atoms with Crippen LogP contribution in [0.2, 0.25) is 5.02 Å². The monoisotopic (exact) mass is 369 g/mol. The molecule has 0 bridgehead atoms. The van der Waals surface area contributed by atoms with Crippen LogP contribution in [-0.4, -0.2) is 14.5 Å². The Hall–Kier alpha value is -1.10. The van der Waals surface area contributed by atoms with Gasteiger partial charge in [-0.3, -0.25) is 4.57 Å². The lowest BCUT2D eigenvalue weighted by atomic mass is 10.3. The number of benzene rings is 1. The average Bonchev–Trinajstić information content (AvgIpc) is 2.78. The van der Waals surface area contributed by atoms with Gasteiger partial charge in [0.1, 0.15) is 11.3 Å². The quantitative estimate of drug-likeness (QED) is 0.585. The Labute approximate surface area is 134 Å². The van der Waals surface area contributed by atoms with Gasteiger partial charge >= 0.3 is 0 Å². The minimum absolute atomic E-state index is 0.223. The van der Waals surface area contributed by atoms with Crippen molar-refractivity contribution in [3.8, 4) is 5.69 Å². The molecule has 0 aliphatic heterocycles. The predicted molar refractivity (Wildman–Crippen MR) is 85.8 cm³/mol. The van der Waals surface area contributed by atoms with Crippen LogP contribution in [0.5, 0.6) is 0 Å². The molecule has 1 aromatic carbocycles. The van der Waals surface area contributed by atoms with Crippen molar-refractivity contribution in [2.45, 2.75) is 12.3 Å². The van der Waals surface area contributed by atoms with Crippen LogP contribution in [0.1, 0.15) is 18.1 Å². The third-order valence-electron chi connectivity index (χ3n) is 2.93. The third-order valence-corrected chi connectivity index (χ3v) is 3.81. The molecule has 3 nitrogen and oxygen atoms in total. The molecule has 3 aromatic rings. The molecule has 102 valence electrons. The lowest BCUT2D eigenvalue weighted by Crippen LogP contribution is -2.02. The van der Waals surface area contributed by atoms with Crippen LogP contribution in [-0.2, 0) is 0 Å². The van der Waals surface area contributed by atoms with Crippen molar-refractivity contribution in [1.82, 2.24) is 14.5 Å². The summed E-state index contributed by atoms with van der Waals surface area (Å²) >= 11 is 15.6. The highest BCUT2D eigenvalue weighted by Crippen LogP contribution is 2.28. The second-order valence-electron chi connectivity index (χ2n) is 4.39. The summed E-state index contributed by atoms with van der Waals surface area (Å²) in [5.74, 6) is 0.759. The molecule has 0 fully saturated rings. The van der Waals surface area contributed by atoms with Crippen molar-refractivity contribution in [3.63, 3.8) is 0 Å². The lowest BCUT2D eigenvalue weighted by Gasteiger charge is -2.09. The maximum Gasteiger partial charge on any atom is 0.164 e. The van der Waals surface area contributed by atoms with Gasteiger partial charge in [0.05, 0.1) is 5.38 Å². The highest BCUT2D eigenvalue weighted by atomic mass is 79.9. The number of nitrogens with zero attached hydrogens (tertiary/aromatic N) is 3. The summed E-state index contributed by atoms with van der Waals surface area (Å²) < 4.78 is 2.84. The van der Waals surface area contributed by atoms with Crippen molar-refractivity contribution in [1.29, 1.82) is 0 Å². The van der Waals surface area contributed by atoms with E-state index < -0.39 is 0 Å². The maximum atomic E-state index is 6.25. The molecule has 0 radical (unpaired) electrons. The van der Waals surface area contributed by atoms with Gasteiger partial charge in [-0.05, 0) is 53.2 Å². The van der Waals surface area contributed by atoms with E-state index in [0.717, 1.165) is 27.1 Å². The Morgan fingerprint density at radius 1 is 1.25 bits per heavy atom. The van der Waals surface area contributed by atoms with E-state index in [1.54, 1.807) is 6.20 Å². The van der Waals surface area contributed by atoms with Gasteiger partial charge in [-0.25, -0.2) is 9.97 Å². The summed E-state index contributed by atoms with van der Waals surface area (Å²) in [5, 5.41) is 0.466. The predicted octanol–water partition coefficient (Wildman–Crippen LogP) is 5.14. The third kappa shape index (κ3) is 2.43. The Morgan fingerprint density at radius 2 is 1.95 bits per heavy atom. The Kier molecular flexibility index (Phi) is 3.71. The fourth-order valence-electron chi connectivity index (χ4n) is 2.07. The van der Waals surface area contributed by atoms with E-state index in [0.29, 0.717) is 5.02 Å². The van der Waals surface area contributed by atoms with E-state index in [4.69, 9.17) is 23.2 Å². The van der Waals surface area contributed by atoms with Gasteiger partial charge in [-0.2, -0.15) is 0 Å². The molecule has 2 heterocycles. The number of aromatic nitrogens is 3. The Morgan fingerprint density at radius 3 is 2.60 bits per heavy atom. The maximum absolute atomic E-state index is 6.25. The van der Waals surface area contributed by atoms with Crippen LogP contribution >= 0.6 is 39.1 Å². The first-order valence-electron chi connectivity index (χ1n) is 6.00. The van der Waals surface area contributed by atoms with Crippen molar-refractivity contribution in [2.24, 2.45) is 0 Å². The molecule has 1 atom stereocenters. The van der Waals surface area contributed by atoms with Crippen LogP contribution in [0.4, 0.5) is 0 Å². The topological polar surface area (TPSA) is 30.7 Å². The zero-order valence-electron chi connectivity index (χ0n) is 10.5. The number of pyridine rings is 1. The van der Waals surface area contributed by atoms with Gasteiger partial charge in [-0.15, -0.1) is 11.6 Å². The van der Waals surface area contributed by atoms with Gasteiger partial charge in [0.2, 0.25) is 0 Å². The van der Waals surface area contributed by atoms with Crippen molar-refractivity contribution >= 4 is 50.3 Å². The van der Waals surface area contributed by atoms with Crippen LogP contribution in [0.3, 0.4) is 0 Å². The summed E-state index contributed by atoms with van der Waals surface area (Å²) in [6.07, 6.45) is 1.75. The minimum Gasteiger partial charge on any atom is -0.279 e. The second-order valence-corrected chi connectivity index (χ2v) is 6.40. The van der Waals surface area contributed by atoms with Crippen LogP contribution in [0.25, 0.3) is 16.9 Å². The first-order chi connectivity index (χ1) is 9.56.